The van der Waals surface area contributed by atoms with Crippen molar-refractivity contribution >= 4 is 33.3 Å². The molecule has 0 spiro atoms. The van der Waals surface area contributed by atoms with E-state index in [2.05, 4.69) is 10.5 Å². The standard InChI is InChI=1S/C17H17ClN2O6S/c1-10-15(16(20-26-10)12-4-2-3-5-13(12)18)17(22)25-8-14(21)19-11-6-7-27(23,24)9-11/h2-5,11H,6-9H2,1H3,(H,19,21)/t11-/m0/s1. The predicted octanol–water partition coefficient (Wildman–Crippen LogP) is 1.76. The molecule has 1 atom stereocenters. The van der Waals surface area contributed by atoms with E-state index in [0.29, 0.717) is 17.0 Å². The zero-order valence-electron chi connectivity index (χ0n) is 14.4. The third kappa shape index (κ3) is 4.48. The lowest BCUT2D eigenvalue weighted by Crippen LogP contribution is -2.38. The monoisotopic (exact) mass is 412 g/mol. The van der Waals surface area contributed by atoms with Crippen LogP contribution >= 0.6 is 11.6 Å². The number of ether oxygens (including phenoxy) is 1. The number of halogens is 1. The molecule has 0 aliphatic carbocycles. The molecular weight excluding hydrogens is 396 g/mol. The summed E-state index contributed by atoms with van der Waals surface area (Å²) in [5.41, 5.74) is 0.813. The van der Waals surface area contributed by atoms with Gasteiger partial charge in [0.05, 0.1) is 16.5 Å². The minimum absolute atomic E-state index is 0.0405. The van der Waals surface area contributed by atoms with Gasteiger partial charge in [0.25, 0.3) is 5.91 Å². The summed E-state index contributed by atoms with van der Waals surface area (Å²) < 4.78 is 33.0. The Morgan fingerprint density at radius 3 is 2.78 bits per heavy atom. The van der Waals surface area contributed by atoms with E-state index in [0.717, 1.165) is 0 Å². The summed E-state index contributed by atoms with van der Waals surface area (Å²) in [6, 6.07) is 6.36. The van der Waals surface area contributed by atoms with Crippen molar-refractivity contribution in [2.45, 2.75) is 19.4 Å². The van der Waals surface area contributed by atoms with Crippen LogP contribution in [0.5, 0.6) is 0 Å². The van der Waals surface area contributed by atoms with Crippen molar-refractivity contribution in [2.75, 3.05) is 18.1 Å². The number of amides is 1. The molecule has 0 saturated carbocycles. The SMILES string of the molecule is Cc1onc(-c2ccccc2Cl)c1C(=O)OCC(=O)N[C@H]1CCS(=O)(=O)C1. The summed E-state index contributed by atoms with van der Waals surface area (Å²) >= 11 is 6.14. The summed E-state index contributed by atoms with van der Waals surface area (Å²) in [6.45, 7) is 1.01. The van der Waals surface area contributed by atoms with Crippen molar-refractivity contribution in [3.8, 4) is 11.3 Å². The summed E-state index contributed by atoms with van der Waals surface area (Å²) in [5.74, 6) is -1.18. The highest BCUT2D eigenvalue weighted by molar-refractivity contribution is 7.91. The first-order valence-corrected chi connectivity index (χ1v) is 10.3. The average Bonchev–Trinajstić information content (AvgIpc) is 3.15. The van der Waals surface area contributed by atoms with E-state index in [1.807, 2.05) is 0 Å². The lowest BCUT2D eigenvalue weighted by molar-refractivity contribution is -0.124. The maximum absolute atomic E-state index is 12.4. The third-order valence-electron chi connectivity index (χ3n) is 4.13. The number of esters is 1. The van der Waals surface area contributed by atoms with Gasteiger partial charge < -0.3 is 14.6 Å². The van der Waals surface area contributed by atoms with Gasteiger partial charge in [0.1, 0.15) is 17.0 Å². The first-order valence-electron chi connectivity index (χ1n) is 8.15. The van der Waals surface area contributed by atoms with Gasteiger partial charge in [0, 0.05) is 11.6 Å². The van der Waals surface area contributed by atoms with Gasteiger partial charge in [-0.3, -0.25) is 4.79 Å². The molecule has 1 N–H and O–H groups in total. The van der Waals surface area contributed by atoms with Crippen LogP contribution in [0.25, 0.3) is 11.3 Å². The number of aromatic nitrogens is 1. The highest BCUT2D eigenvalue weighted by Gasteiger charge is 2.29. The van der Waals surface area contributed by atoms with Crippen LogP contribution in [0.15, 0.2) is 28.8 Å². The first kappa shape index (κ1) is 19.4. The molecule has 1 aliphatic heterocycles. The predicted molar refractivity (Wildman–Crippen MR) is 97.2 cm³/mol. The minimum Gasteiger partial charge on any atom is -0.452 e. The van der Waals surface area contributed by atoms with Crippen molar-refractivity contribution < 1.29 is 27.3 Å². The molecule has 2 heterocycles. The number of hydrogen-bond donors (Lipinski definition) is 1. The topological polar surface area (TPSA) is 116 Å². The number of hydrogen-bond acceptors (Lipinski definition) is 7. The molecule has 1 fully saturated rings. The van der Waals surface area contributed by atoms with E-state index in [4.69, 9.17) is 20.9 Å². The Morgan fingerprint density at radius 1 is 1.37 bits per heavy atom. The van der Waals surface area contributed by atoms with E-state index in [-0.39, 0.29) is 28.5 Å². The van der Waals surface area contributed by atoms with E-state index >= 15 is 0 Å². The highest BCUT2D eigenvalue weighted by Crippen LogP contribution is 2.31. The number of carbonyl (C=O) groups excluding carboxylic acids is 2. The lowest BCUT2D eigenvalue weighted by atomic mass is 10.1. The van der Waals surface area contributed by atoms with Gasteiger partial charge >= 0.3 is 5.97 Å². The van der Waals surface area contributed by atoms with E-state index in [1.165, 1.54) is 0 Å². The number of aryl methyl sites for hydroxylation is 1. The zero-order chi connectivity index (χ0) is 19.6. The van der Waals surface area contributed by atoms with Crippen LogP contribution in [0.3, 0.4) is 0 Å². The van der Waals surface area contributed by atoms with E-state index in [9.17, 15) is 18.0 Å². The van der Waals surface area contributed by atoms with Gasteiger partial charge in [0.2, 0.25) is 0 Å². The Hall–Kier alpha value is -2.39. The molecule has 27 heavy (non-hydrogen) atoms. The Kier molecular flexibility index (Phi) is 5.52. The second-order valence-electron chi connectivity index (χ2n) is 6.19. The van der Waals surface area contributed by atoms with Gasteiger partial charge in [-0.2, -0.15) is 0 Å². The fourth-order valence-corrected chi connectivity index (χ4v) is 4.73. The molecule has 0 unspecified atom stereocenters. The molecule has 10 heteroatoms. The highest BCUT2D eigenvalue weighted by atomic mass is 35.5. The molecule has 1 aliphatic rings. The summed E-state index contributed by atoms with van der Waals surface area (Å²) in [4.78, 5) is 24.4. The third-order valence-corrected chi connectivity index (χ3v) is 6.23. The maximum atomic E-state index is 12.4. The molecule has 8 nitrogen and oxygen atoms in total. The van der Waals surface area contributed by atoms with Crippen molar-refractivity contribution in [3.05, 3.63) is 40.6 Å². The fraction of sp³-hybridized carbons (Fsp3) is 0.353. The second-order valence-corrected chi connectivity index (χ2v) is 8.82. The number of benzene rings is 1. The quantitative estimate of drug-likeness (QED) is 0.744. The van der Waals surface area contributed by atoms with Gasteiger partial charge in [0.15, 0.2) is 16.4 Å². The van der Waals surface area contributed by atoms with Gasteiger partial charge in [-0.1, -0.05) is 35.0 Å². The second kappa shape index (κ2) is 7.69. The minimum atomic E-state index is -3.11. The zero-order valence-corrected chi connectivity index (χ0v) is 16.0. The molecule has 0 radical (unpaired) electrons. The van der Waals surface area contributed by atoms with Crippen molar-refractivity contribution in [3.63, 3.8) is 0 Å². The van der Waals surface area contributed by atoms with E-state index < -0.39 is 34.4 Å². The number of carbonyl (C=O) groups is 2. The van der Waals surface area contributed by atoms with Crippen LogP contribution in [0.4, 0.5) is 0 Å². The lowest BCUT2D eigenvalue weighted by Gasteiger charge is -2.11. The molecule has 3 rings (SSSR count). The number of sulfone groups is 1. The van der Waals surface area contributed by atoms with Crippen molar-refractivity contribution in [1.29, 1.82) is 0 Å². The molecule has 0 bridgehead atoms. The average molecular weight is 413 g/mol. The molecular formula is C17H17ClN2O6S. The Morgan fingerprint density at radius 2 is 2.11 bits per heavy atom. The largest absolute Gasteiger partial charge is 0.452 e. The molecule has 2 aromatic rings. The Bertz CT molecular complexity index is 985. The summed E-state index contributed by atoms with van der Waals surface area (Å²) in [5, 5.41) is 6.81. The Labute approximate surface area is 160 Å². The fourth-order valence-electron chi connectivity index (χ4n) is 2.83. The molecule has 1 aromatic carbocycles. The van der Waals surface area contributed by atoms with Crippen LogP contribution in [0.1, 0.15) is 22.5 Å². The van der Waals surface area contributed by atoms with Crippen molar-refractivity contribution in [1.82, 2.24) is 10.5 Å². The van der Waals surface area contributed by atoms with E-state index in [1.54, 1.807) is 31.2 Å². The molecule has 144 valence electrons. The van der Waals surface area contributed by atoms with Gasteiger partial charge in [-0.15, -0.1) is 0 Å². The first-order chi connectivity index (χ1) is 12.8. The molecule has 1 aromatic heterocycles. The summed E-state index contributed by atoms with van der Waals surface area (Å²) in [6.07, 6.45) is 0.351. The molecule has 1 saturated heterocycles. The van der Waals surface area contributed by atoms with Gasteiger partial charge in [-0.05, 0) is 19.4 Å². The maximum Gasteiger partial charge on any atom is 0.344 e. The number of nitrogens with one attached hydrogen (secondary N) is 1. The van der Waals surface area contributed by atoms with Crippen molar-refractivity contribution in [2.24, 2.45) is 0 Å². The number of nitrogens with zero attached hydrogens (tertiary/aromatic N) is 1. The molecule has 1 amide bonds. The Balaban J connectivity index is 1.66. The van der Waals surface area contributed by atoms with Crippen LogP contribution in [-0.2, 0) is 19.4 Å². The summed E-state index contributed by atoms with van der Waals surface area (Å²) in [7, 11) is -3.11. The van der Waals surface area contributed by atoms with Crippen LogP contribution in [0.2, 0.25) is 5.02 Å². The van der Waals surface area contributed by atoms with Crippen LogP contribution in [-0.4, -0.2) is 49.6 Å². The van der Waals surface area contributed by atoms with Crippen LogP contribution < -0.4 is 5.32 Å². The number of rotatable bonds is 5. The normalized spacial score (nSPS) is 18.2. The van der Waals surface area contributed by atoms with Crippen LogP contribution in [0, 0.1) is 6.92 Å². The van der Waals surface area contributed by atoms with Gasteiger partial charge in [-0.25, -0.2) is 13.2 Å². The smallest absolute Gasteiger partial charge is 0.344 e.